The normalized spacial score (nSPS) is 10.2. The highest BCUT2D eigenvalue weighted by Gasteiger charge is 2.17. The Balaban J connectivity index is 2.24. The van der Waals surface area contributed by atoms with Gasteiger partial charge in [0, 0.05) is 10.6 Å². The highest BCUT2D eigenvalue weighted by atomic mass is 35.5. The maximum absolute atomic E-state index is 13.2. The number of aromatic nitrogens is 2. The van der Waals surface area contributed by atoms with Crippen molar-refractivity contribution >= 4 is 29.2 Å². The fourth-order valence-corrected chi connectivity index (χ4v) is 1.74. The van der Waals surface area contributed by atoms with Crippen molar-refractivity contribution in [2.75, 3.05) is 12.4 Å². The van der Waals surface area contributed by atoms with Gasteiger partial charge < -0.3 is 10.1 Å². The predicted molar refractivity (Wildman–Crippen MR) is 69.3 cm³/mol. The molecule has 0 aliphatic carbocycles. The van der Waals surface area contributed by atoms with Crippen LogP contribution in [0.1, 0.15) is 20.8 Å². The van der Waals surface area contributed by atoms with Gasteiger partial charge in [0.25, 0.3) is 5.91 Å². The molecule has 0 spiro atoms. The largest absolute Gasteiger partial charge is 0.464 e. The van der Waals surface area contributed by atoms with Crippen LogP contribution in [0.3, 0.4) is 0 Å². The standard InChI is InChI=1S/C12H9ClFN3O3/c1-20-12(19)10-9(5-15-17-10)16-11(18)6-2-7(13)4-8(14)3-6/h2-5H,1H3,(H,15,17)(H,16,18). The lowest BCUT2D eigenvalue weighted by atomic mass is 10.2. The molecule has 20 heavy (non-hydrogen) atoms. The quantitative estimate of drug-likeness (QED) is 0.851. The van der Waals surface area contributed by atoms with E-state index in [9.17, 15) is 14.0 Å². The Bertz CT molecular complexity index is 651. The number of carbonyl (C=O) groups excluding carboxylic acids is 2. The van der Waals surface area contributed by atoms with E-state index in [2.05, 4.69) is 20.3 Å². The number of ether oxygens (including phenoxy) is 1. The number of hydrogen-bond acceptors (Lipinski definition) is 4. The van der Waals surface area contributed by atoms with E-state index < -0.39 is 17.7 Å². The molecule has 1 heterocycles. The van der Waals surface area contributed by atoms with Gasteiger partial charge in [-0.2, -0.15) is 5.10 Å². The number of anilines is 1. The number of aromatic amines is 1. The van der Waals surface area contributed by atoms with E-state index in [-0.39, 0.29) is 22.0 Å². The molecular weight excluding hydrogens is 289 g/mol. The van der Waals surface area contributed by atoms with Crippen molar-refractivity contribution in [1.82, 2.24) is 10.2 Å². The summed E-state index contributed by atoms with van der Waals surface area (Å²) in [6, 6.07) is 3.41. The lowest BCUT2D eigenvalue weighted by molar-refractivity contribution is 0.0595. The number of methoxy groups -OCH3 is 1. The van der Waals surface area contributed by atoms with Crippen LogP contribution in [0, 0.1) is 5.82 Å². The summed E-state index contributed by atoms with van der Waals surface area (Å²) in [6.07, 6.45) is 1.24. The van der Waals surface area contributed by atoms with Crippen molar-refractivity contribution in [1.29, 1.82) is 0 Å². The third kappa shape index (κ3) is 2.94. The molecule has 1 aromatic heterocycles. The minimum absolute atomic E-state index is 0.0108. The molecule has 0 radical (unpaired) electrons. The van der Waals surface area contributed by atoms with Crippen molar-refractivity contribution in [2.45, 2.75) is 0 Å². The molecule has 1 aromatic carbocycles. The van der Waals surface area contributed by atoms with Gasteiger partial charge in [0.1, 0.15) is 5.82 Å². The molecule has 2 rings (SSSR count). The first-order chi connectivity index (χ1) is 9.51. The molecule has 0 aliphatic heterocycles. The molecule has 0 fully saturated rings. The molecule has 2 N–H and O–H groups in total. The van der Waals surface area contributed by atoms with Crippen LogP contribution in [0.5, 0.6) is 0 Å². The summed E-state index contributed by atoms with van der Waals surface area (Å²) >= 11 is 5.67. The number of nitrogens with one attached hydrogen (secondary N) is 2. The molecule has 2 aromatic rings. The Hall–Kier alpha value is -2.41. The molecule has 0 atom stereocenters. The van der Waals surface area contributed by atoms with E-state index in [1.54, 1.807) is 0 Å². The van der Waals surface area contributed by atoms with E-state index in [0.717, 1.165) is 12.1 Å². The van der Waals surface area contributed by atoms with E-state index in [0.29, 0.717) is 0 Å². The van der Waals surface area contributed by atoms with Gasteiger partial charge >= 0.3 is 5.97 Å². The summed E-state index contributed by atoms with van der Waals surface area (Å²) in [5, 5.41) is 8.54. The van der Waals surface area contributed by atoms with Crippen molar-refractivity contribution in [3.63, 3.8) is 0 Å². The van der Waals surface area contributed by atoms with Crippen molar-refractivity contribution in [2.24, 2.45) is 0 Å². The monoisotopic (exact) mass is 297 g/mol. The van der Waals surface area contributed by atoms with Crippen LogP contribution in [0.15, 0.2) is 24.4 Å². The van der Waals surface area contributed by atoms with Gasteiger partial charge in [-0.3, -0.25) is 9.89 Å². The highest BCUT2D eigenvalue weighted by Crippen LogP contribution is 2.17. The first kappa shape index (κ1) is 14.0. The Kier molecular flexibility index (Phi) is 3.99. The molecule has 0 saturated heterocycles. The predicted octanol–water partition coefficient (Wildman–Crippen LogP) is 2.24. The smallest absolute Gasteiger partial charge is 0.358 e. The summed E-state index contributed by atoms with van der Waals surface area (Å²) in [4.78, 5) is 23.3. The van der Waals surface area contributed by atoms with E-state index in [1.165, 1.54) is 19.4 Å². The molecule has 104 valence electrons. The van der Waals surface area contributed by atoms with Gasteiger partial charge in [-0.1, -0.05) is 11.6 Å². The minimum atomic E-state index is -0.685. The highest BCUT2D eigenvalue weighted by molar-refractivity contribution is 6.31. The van der Waals surface area contributed by atoms with Gasteiger partial charge in [-0.25, -0.2) is 9.18 Å². The summed E-state index contributed by atoms with van der Waals surface area (Å²) < 4.78 is 17.7. The number of amides is 1. The van der Waals surface area contributed by atoms with E-state index >= 15 is 0 Å². The summed E-state index contributed by atoms with van der Waals surface area (Å²) in [7, 11) is 1.20. The molecule has 0 saturated carbocycles. The number of carbonyl (C=O) groups is 2. The summed E-state index contributed by atoms with van der Waals surface area (Å²) in [5.74, 6) is -1.95. The number of rotatable bonds is 3. The second-order valence-electron chi connectivity index (χ2n) is 3.76. The molecule has 1 amide bonds. The van der Waals surface area contributed by atoms with Gasteiger partial charge in [0.2, 0.25) is 0 Å². The third-order valence-corrected chi connectivity index (χ3v) is 2.62. The number of halogens is 2. The second-order valence-corrected chi connectivity index (χ2v) is 4.20. The topological polar surface area (TPSA) is 84.1 Å². The van der Waals surface area contributed by atoms with Crippen LogP contribution < -0.4 is 5.32 Å². The van der Waals surface area contributed by atoms with Gasteiger partial charge in [-0.15, -0.1) is 0 Å². The lowest BCUT2D eigenvalue weighted by Gasteiger charge is -2.05. The molecular formula is C12H9ClFN3O3. The first-order valence-corrected chi connectivity index (χ1v) is 5.78. The molecule has 8 heteroatoms. The maximum Gasteiger partial charge on any atom is 0.358 e. The summed E-state index contributed by atoms with van der Waals surface area (Å²) in [5.41, 5.74) is 0.137. The Morgan fingerprint density at radius 3 is 2.80 bits per heavy atom. The van der Waals surface area contributed by atoms with Crippen LogP contribution in [0.4, 0.5) is 10.1 Å². The lowest BCUT2D eigenvalue weighted by Crippen LogP contribution is -2.15. The third-order valence-electron chi connectivity index (χ3n) is 2.40. The van der Waals surface area contributed by atoms with Crippen LogP contribution in [0.2, 0.25) is 5.02 Å². The minimum Gasteiger partial charge on any atom is -0.464 e. The zero-order valence-corrected chi connectivity index (χ0v) is 11.0. The number of H-pyrrole nitrogens is 1. The number of hydrogen-bond donors (Lipinski definition) is 2. The van der Waals surface area contributed by atoms with Crippen LogP contribution >= 0.6 is 11.6 Å². The van der Waals surface area contributed by atoms with E-state index in [1.807, 2.05) is 0 Å². The van der Waals surface area contributed by atoms with Crippen LogP contribution in [-0.2, 0) is 4.74 Å². The molecule has 0 aliphatic rings. The summed E-state index contributed by atoms with van der Waals surface area (Å²) in [6.45, 7) is 0. The van der Waals surface area contributed by atoms with Gasteiger partial charge in [-0.05, 0) is 18.2 Å². The first-order valence-electron chi connectivity index (χ1n) is 5.40. The number of nitrogens with zero attached hydrogens (tertiary/aromatic N) is 1. The average molecular weight is 298 g/mol. The fourth-order valence-electron chi connectivity index (χ4n) is 1.52. The zero-order valence-electron chi connectivity index (χ0n) is 10.2. The van der Waals surface area contributed by atoms with Crippen LogP contribution in [-0.4, -0.2) is 29.2 Å². The average Bonchev–Trinajstić information content (AvgIpc) is 2.84. The molecule has 0 unspecified atom stereocenters. The SMILES string of the molecule is COC(=O)c1[nH]ncc1NC(=O)c1cc(F)cc(Cl)c1. The number of benzene rings is 1. The fraction of sp³-hybridized carbons (Fsp3) is 0.0833. The van der Waals surface area contributed by atoms with Crippen molar-refractivity contribution in [3.8, 4) is 0 Å². The van der Waals surface area contributed by atoms with Gasteiger partial charge in [0.15, 0.2) is 5.69 Å². The zero-order chi connectivity index (χ0) is 14.7. The Labute approximate surface area is 117 Å². The molecule has 6 nitrogen and oxygen atoms in total. The second kappa shape index (κ2) is 5.70. The van der Waals surface area contributed by atoms with Crippen LogP contribution in [0.25, 0.3) is 0 Å². The van der Waals surface area contributed by atoms with Crippen molar-refractivity contribution < 1.29 is 18.7 Å². The Morgan fingerprint density at radius 1 is 1.40 bits per heavy atom. The number of esters is 1. The van der Waals surface area contributed by atoms with E-state index in [4.69, 9.17) is 11.6 Å². The van der Waals surface area contributed by atoms with Crippen molar-refractivity contribution in [3.05, 3.63) is 46.5 Å². The maximum atomic E-state index is 13.2. The Morgan fingerprint density at radius 2 is 2.15 bits per heavy atom. The molecule has 0 bridgehead atoms. The van der Waals surface area contributed by atoms with Gasteiger partial charge in [0.05, 0.1) is 19.0 Å².